The van der Waals surface area contributed by atoms with E-state index in [1.807, 2.05) is 57.1 Å². The van der Waals surface area contributed by atoms with Crippen molar-refractivity contribution in [2.75, 3.05) is 32.1 Å². The number of carbonyl (C=O) groups excluding carboxylic acids is 1. The Morgan fingerprint density at radius 2 is 1.85 bits per heavy atom. The van der Waals surface area contributed by atoms with Crippen LogP contribution in [0.5, 0.6) is 0 Å². The highest BCUT2D eigenvalue weighted by Gasteiger charge is 2.15. The van der Waals surface area contributed by atoms with E-state index in [9.17, 15) is 4.79 Å². The van der Waals surface area contributed by atoms with E-state index in [2.05, 4.69) is 5.32 Å². The number of nitrogens with one attached hydrogen (secondary N) is 1. The summed E-state index contributed by atoms with van der Waals surface area (Å²) in [6.07, 6.45) is 1.76. The van der Waals surface area contributed by atoms with Crippen LogP contribution in [0.15, 0.2) is 24.3 Å². The molecule has 4 nitrogen and oxygen atoms in total. The van der Waals surface area contributed by atoms with E-state index in [4.69, 9.17) is 5.11 Å². The van der Waals surface area contributed by atoms with Crippen LogP contribution in [0.25, 0.3) is 0 Å². The fourth-order valence-electron chi connectivity index (χ4n) is 1.86. The molecule has 2 N–H and O–H groups in total. The molecule has 0 radical (unpaired) electrons. The maximum Gasteiger partial charge on any atom is 0.251 e. The van der Waals surface area contributed by atoms with Crippen LogP contribution in [-0.2, 0) is 0 Å². The largest absolute Gasteiger partial charge is 0.396 e. The summed E-state index contributed by atoms with van der Waals surface area (Å²) in [5.74, 6) is -0.0443. The first-order chi connectivity index (χ1) is 9.35. The molecule has 1 amide bonds. The van der Waals surface area contributed by atoms with Crippen LogP contribution in [-0.4, -0.2) is 38.3 Å². The summed E-state index contributed by atoms with van der Waals surface area (Å²) >= 11 is 0. The lowest BCUT2D eigenvalue weighted by atomic mass is 9.89. The van der Waals surface area contributed by atoms with Crippen molar-refractivity contribution < 1.29 is 9.90 Å². The van der Waals surface area contributed by atoms with Gasteiger partial charge in [0.15, 0.2) is 0 Å². The Bertz CT molecular complexity index is 425. The highest BCUT2D eigenvalue weighted by atomic mass is 16.3. The lowest BCUT2D eigenvalue weighted by molar-refractivity contribution is 0.0948. The van der Waals surface area contributed by atoms with Crippen molar-refractivity contribution in [1.29, 1.82) is 0 Å². The number of benzene rings is 1. The van der Waals surface area contributed by atoms with Crippen molar-refractivity contribution in [3.05, 3.63) is 29.8 Å². The van der Waals surface area contributed by atoms with Crippen LogP contribution in [0.2, 0.25) is 0 Å². The predicted octanol–water partition coefficient (Wildman–Crippen LogP) is 2.28. The minimum absolute atomic E-state index is 0.0443. The van der Waals surface area contributed by atoms with E-state index in [0.29, 0.717) is 12.1 Å². The highest BCUT2D eigenvalue weighted by molar-refractivity contribution is 5.94. The number of anilines is 1. The molecule has 0 aromatic heterocycles. The van der Waals surface area contributed by atoms with Gasteiger partial charge in [0.2, 0.25) is 0 Å². The van der Waals surface area contributed by atoms with Crippen LogP contribution in [0.3, 0.4) is 0 Å². The summed E-state index contributed by atoms with van der Waals surface area (Å²) in [6, 6.07) is 7.54. The number of rotatable bonds is 7. The Labute approximate surface area is 121 Å². The molecule has 0 saturated carbocycles. The average molecular weight is 278 g/mol. The first-order valence-electron chi connectivity index (χ1n) is 7.02. The zero-order valence-electron chi connectivity index (χ0n) is 12.9. The summed E-state index contributed by atoms with van der Waals surface area (Å²) in [5.41, 5.74) is 1.68. The smallest absolute Gasteiger partial charge is 0.251 e. The molecule has 0 bridgehead atoms. The fraction of sp³-hybridized carbons (Fsp3) is 0.562. The van der Waals surface area contributed by atoms with Gasteiger partial charge in [-0.15, -0.1) is 0 Å². The third-order valence-electron chi connectivity index (χ3n) is 3.39. The number of nitrogens with zero attached hydrogens (tertiary/aromatic N) is 1. The molecule has 0 aliphatic rings. The normalized spacial score (nSPS) is 11.2. The van der Waals surface area contributed by atoms with E-state index in [-0.39, 0.29) is 17.9 Å². The van der Waals surface area contributed by atoms with Crippen molar-refractivity contribution in [3.63, 3.8) is 0 Å². The van der Waals surface area contributed by atoms with Crippen molar-refractivity contribution in [1.82, 2.24) is 5.32 Å². The average Bonchev–Trinajstić information content (AvgIpc) is 2.43. The van der Waals surface area contributed by atoms with E-state index >= 15 is 0 Å². The lowest BCUT2D eigenvalue weighted by Gasteiger charge is -2.21. The van der Waals surface area contributed by atoms with Gasteiger partial charge in [-0.1, -0.05) is 13.8 Å². The first-order valence-corrected chi connectivity index (χ1v) is 7.02. The molecule has 112 valence electrons. The van der Waals surface area contributed by atoms with E-state index in [1.165, 1.54) is 0 Å². The van der Waals surface area contributed by atoms with Gasteiger partial charge >= 0.3 is 0 Å². The van der Waals surface area contributed by atoms with E-state index in [0.717, 1.165) is 18.5 Å². The number of hydrogen-bond donors (Lipinski definition) is 2. The monoisotopic (exact) mass is 278 g/mol. The zero-order valence-corrected chi connectivity index (χ0v) is 12.9. The second kappa shape index (κ2) is 7.29. The zero-order chi connectivity index (χ0) is 15.2. The molecule has 0 aliphatic heterocycles. The third kappa shape index (κ3) is 5.21. The molecule has 0 heterocycles. The maximum atomic E-state index is 11.9. The van der Waals surface area contributed by atoms with Crippen molar-refractivity contribution in [3.8, 4) is 0 Å². The summed E-state index contributed by atoms with van der Waals surface area (Å²) in [7, 11) is 3.94. The Morgan fingerprint density at radius 3 is 2.35 bits per heavy atom. The Kier molecular flexibility index (Phi) is 6.02. The molecule has 0 aliphatic carbocycles. The third-order valence-corrected chi connectivity index (χ3v) is 3.39. The number of carbonyl (C=O) groups is 1. The lowest BCUT2D eigenvalue weighted by Crippen LogP contribution is -2.26. The number of amides is 1. The quantitative estimate of drug-likeness (QED) is 0.752. The van der Waals surface area contributed by atoms with Crippen LogP contribution >= 0.6 is 0 Å². The molecular weight excluding hydrogens is 252 g/mol. The second-order valence-corrected chi connectivity index (χ2v) is 6.12. The minimum atomic E-state index is -0.0713. The predicted molar refractivity (Wildman–Crippen MR) is 83.2 cm³/mol. The molecule has 0 saturated heterocycles. The molecule has 1 rings (SSSR count). The van der Waals surface area contributed by atoms with Crippen LogP contribution < -0.4 is 10.2 Å². The minimum Gasteiger partial charge on any atom is -0.396 e. The second-order valence-electron chi connectivity index (χ2n) is 6.12. The fourth-order valence-corrected chi connectivity index (χ4v) is 1.86. The standard InChI is InChI=1S/C16H26N2O2/c1-16(2,12-19)10-5-11-17-15(20)13-6-8-14(9-7-13)18(3)4/h6-9,19H,5,10-12H2,1-4H3,(H,17,20). The molecule has 4 heteroatoms. The van der Waals surface area contributed by atoms with Gasteiger partial charge in [0.05, 0.1) is 0 Å². The van der Waals surface area contributed by atoms with Gasteiger partial charge in [-0.3, -0.25) is 4.79 Å². The van der Waals surface area contributed by atoms with E-state index < -0.39 is 0 Å². The number of aliphatic hydroxyl groups excluding tert-OH is 1. The Hall–Kier alpha value is -1.55. The first kappa shape index (κ1) is 16.5. The van der Waals surface area contributed by atoms with Gasteiger partial charge in [0.1, 0.15) is 0 Å². The van der Waals surface area contributed by atoms with Crippen molar-refractivity contribution >= 4 is 11.6 Å². The number of aliphatic hydroxyl groups is 1. The molecule has 0 unspecified atom stereocenters. The Balaban J connectivity index is 2.40. The van der Waals surface area contributed by atoms with Crippen LogP contribution in [0.1, 0.15) is 37.0 Å². The molecule has 20 heavy (non-hydrogen) atoms. The molecule has 1 aromatic carbocycles. The summed E-state index contributed by atoms with van der Waals surface area (Å²) in [4.78, 5) is 13.9. The van der Waals surface area contributed by atoms with Gasteiger partial charge in [-0.05, 0) is 42.5 Å². The molecule has 0 atom stereocenters. The molecule has 0 spiro atoms. The molecular formula is C16H26N2O2. The van der Waals surface area contributed by atoms with E-state index in [1.54, 1.807) is 0 Å². The summed E-state index contributed by atoms with van der Waals surface area (Å²) in [5, 5.41) is 12.1. The van der Waals surface area contributed by atoms with Crippen LogP contribution in [0, 0.1) is 5.41 Å². The van der Waals surface area contributed by atoms with Gasteiger partial charge in [-0.25, -0.2) is 0 Å². The van der Waals surface area contributed by atoms with Crippen molar-refractivity contribution in [2.24, 2.45) is 5.41 Å². The molecule has 0 fully saturated rings. The van der Waals surface area contributed by atoms with Gasteiger partial charge < -0.3 is 15.3 Å². The van der Waals surface area contributed by atoms with Crippen molar-refractivity contribution in [2.45, 2.75) is 26.7 Å². The Morgan fingerprint density at radius 1 is 1.25 bits per heavy atom. The number of hydrogen-bond acceptors (Lipinski definition) is 3. The van der Waals surface area contributed by atoms with Gasteiger partial charge in [0.25, 0.3) is 5.91 Å². The highest BCUT2D eigenvalue weighted by Crippen LogP contribution is 2.20. The van der Waals surface area contributed by atoms with Gasteiger partial charge in [-0.2, -0.15) is 0 Å². The summed E-state index contributed by atoms with van der Waals surface area (Å²) in [6.45, 7) is 4.86. The van der Waals surface area contributed by atoms with Gasteiger partial charge in [0, 0.05) is 38.5 Å². The SMILES string of the molecule is CN(C)c1ccc(C(=O)NCCCC(C)(C)CO)cc1. The topological polar surface area (TPSA) is 52.6 Å². The maximum absolute atomic E-state index is 11.9. The van der Waals surface area contributed by atoms with Crippen LogP contribution in [0.4, 0.5) is 5.69 Å². The summed E-state index contributed by atoms with van der Waals surface area (Å²) < 4.78 is 0. The molecule has 1 aromatic rings.